The van der Waals surface area contributed by atoms with E-state index in [1.807, 2.05) is 19.9 Å². The average molecular weight is 428 g/mol. The zero-order chi connectivity index (χ0) is 21.5. The molecule has 0 saturated carbocycles. The first-order chi connectivity index (χ1) is 14.2. The molecule has 0 saturated heterocycles. The van der Waals surface area contributed by atoms with Crippen LogP contribution < -0.4 is 4.31 Å². The molecule has 0 spiro atoms. The van der Waals surface area contributed by atoms with Gasteiger partial charge in [0.15, 0.2) is 5.65 Å². The van der Waals surface area contributed by atoms with E-state index in [1.165, 1.54) is 16.8 Å². The van der Waals surface area contributed by atoms with Gasteiger partial charge in [-0.3, -0.25) is 8.71 Å². The molecule has 0 atom stereocenters. The molecular formula is C21H18F2N4O2S. The highest BCUT2D eigenvalue weighted by Gasteiger charge is 2.29. The van der Waals surface area contributed by atoms with E-state index in [-0.39, 0.29) is 22.7 Å². The number of hydrogen-bond donors (Lipinski definition) is 0. The Morgan fingerprint density at radius 2 is 1.67 bits per heavy atom. The van der Waals surface area contributed by atoms with Gasteiger partial charge in [0.05, 0.1) is 12.2 Å². The Bertz CT molecular complexity index is 1310. The van der Waals surface area contributed by atoms with E-state index < -0.39 is 21.7 Å². The maximum absolute atomic E-state index is 13.8. The van der Waals surface area contributed by atoms with Crippen LogP contribution in [0.25, 0.3) is 5.65 Å². The van der Waals surface area contributed by atoms with Crippen LogP contribution in [-0.4, -0.2) is 23.0 Å². The van der Waals surface area contributed by atoms with E-state index in [2.05, 4.69) is 10.2 Å². The van der Waals surface area contributed by atoms with Gasteiger partial charge in [-0.2, -0.15) is 0 Å². The molecule has 0 aliphatic heterocycles. The number of pyridine rings is 1. The van der Waals surface area contributed by atoms with Crippen molar-refractivity contribution in [3.8, 4) is 0 Å². The maximum Gasteiger partial charge on any atom is 0.268 e. The van der Waals surface area contributed by atoms with Gasteiger partial charge in [0, 0.05) is 12.3 Å². The summed E-state index contributed by atoms with van der Waals surface area (Å²) >= 11 is 0. The Labute approximate surface area is 172 Å². The van der Waals surface area contributed by atoms with E-state index in [9.17, 15) is 17.2 Å². The third kappa shape index (κ3) is 3.76. The highest BCUT2D eigenvalue weighted by Crippen LogP contribution is 2.29. The summed E-state index contributed by atoms with van der Waals surface area (Å²) in [5.74, 6) is -1.55. The second-order valence-electron chi connectivity index (χ2n) is 7.07. The highest BCUT2D eigenvalue weighted by atomic mass is 32.2. The normalized spacial score (nSPS) is 11.7. The minimum absolute atomic E-state index is 0.0569. The summed E-state index contributed by atoms with van der Waals surface area (Å²) < 4.78 is 57.6. The van der Waals surface area contributed by atoms with Crippen molar-refractivity contribution >= 4 is 21.4 Å². The molecule has 0 unspecified atom stereocenters. The summed E-state index contributed by atoms with van der Waals surface area (Å²) in [6, 6.07) is 11.3. The van der Waals surface area contributed by atoms with Crippen LogP contribution in [0.15, 0.2) is 66.0 Å². The van der Waals surface area contributed by atoms with Crippen molar-refractivity contribution in [2.24, 2.45) is 0 Å². The Kier molecular flexibility index (Phi) is 4.98. The van der Waals surface area contributed by atoms with Crippen LogP contribution >= 0.6 is 0 Å². The SMILES string of the molecule is Cc1cc(C)cc(N(Cc2cc(F)cc(F)c2)S(=O)(=O)c2cccn3cnnc23)c1. The van der Waals surface area contributed by atoms with Crippen molar-refractivity contribution in [1.29, 1.82) is 0 Å². The molecule has 4 aromatic rings. The summed E-state index contributed by atoms with van der Waals surface area (Å²) in [5, 5.41) is 7.69. The molecule has 9 heteroatoms. The van der Waals surface area contributed by atoms with E-state index >= 15 is 0 Å². The van der Waals surface area contributed by atoms with Gasteiger partial charge in [0.25, 0.3) is 10.0 Å². The molecule has 30 heavy (non-hydrogen) atoms. The van der Waals surface area contributed by atoms with Crippen molar-refractivity contribution in [2.45, 2.75) is 25.3 Å². The maximum atomic E-state index is 13.8. The third-order valence-electron chi connectivity index (χ3n) is 4.60. The van der Waals surface area contributed by atoms with Gasteiger partial charge in [0.2, 0.25) is 0 Å². The number of halogens is 2. The number of benzene rings is 2. The van der Waals surface area contributed by atoms with Gasteiger partial charge in [-0.15, -0.1) is 10.2 Å². The number of fused-ring (bicyclic) bond motifs is 1. The van der Waals surface area contributed by atoms with Gasteiger partial charge in [-0.25, -0.2) is 17.2 Å². The van der Waals surface area contributed by atoms with Gasteiger partial charge in [0.1, 0.15) is 22.9 Å². The Hall–Kier alpha value is -3.33. The minimum Gasteiger partial charge on any atom is -0.288 e. The van der Waals surface area contributed by atoms with E-state index in [4.69, 9.17) is 0 Å². The summed E-state index contributed by atoms with van der Waals surface area (Å²) in [6.07, 6.45) is 3.04. The monoisotopic (exact) mass is 428 g/mol. The van der Waals surface area contributed by atoms with Crippen LogP contribution in [0.5, 0.6) is 0 Å². The highest BCUT2D eigenvalue weighted by molar-refractivity contribution is 7.93. The molecule has 0 bridgehead atoms. The van der Waals surface area contributed by atoms with E-state index in [0.29, 0.717) is 5.69 Å². The molecule has 154 valence electrons. The van der Waals surface area contributed by atoms with Crippen LogP contribution in [0.3, 0.4) is 0 Å². The standard InChI is InChI=1S/C21H18F2N4O2S/c1-14-6-15(2)8-19(7-14)27(12-16-9-17(22)11-18(23)10-16)30(28,29)20-4-3-5-26-13-24-25-21(20)26/h3-11,13H,12H2,1-2H3. The molecule has 2 heterocycles. The predicted octanol–water partition coefficient (Wildman–Crippen LogP) is 4.02. The molecule has 4 rings (SSSR count). The Balaban J connectivity index is 1.91. The molecule has 2 aromatic carbocycles. The van der Waals surface area contributed by atoms with Crippen LogP contribution in [-0.2, 0) is 16.6 Å². The molecule has 0 N–H and O–H groups in total. The first kappa shape index (κ1) is 20.0. The quantitative estimate of drug-likeness (QED) is 0.482. The predicted molar refractivity (Wildman–Crippen MR) is 109 cm³/mol. The fourth-order valence-electron chi connectivity index (χ4n) is 3.42. The molecular weight excluding hydrogens is 410 g/mol. The van der Waals surface area contributed by atoms with E-state index in [1.54, 1.807) is 24.4 Å². The lowest BCUT2D eigenvalue weighted by atomic mass is 10.1. The molecule has 0 radical (unpaired) electrons. The lowest BCUT2D eigenvalue weighted by Crippen LogP contribution is -2.31. The molecule has 0 aliphatic carbocycles. The van der Waals surface area contributed by atoms with Crippen LogP contribution in [0.4, 0.5) is 14.5 Å². The van der Waals surface area contributed by atoms with Gasteiger partial charge >= 0.3 is 0 Å². The lowest BCUT2D eigenvalue weighted by Gasteiger charge is -2.25. The van der Waals surface area contributed by atoms with Crippen LogP contribution in [0, 0.1) is 25.5 Å². The minimum atomic E-state index is -4.14. The van der Waals surface area contributed by atoms with Crippen LogP contribution in [0.2, 0.25) is 0 Å². The number of hydrogen-bond acceptors (Lipinski definition) is 4. The fourth-order valence-corrected chi connectivity index (χ4v) is 4.99. The average Bonchev–Trinajstić information content (AvgIpc) is 3.13. The van der Waals surface area contributed by atoms with Gasteiger partial charge in [-0.1, -0.05) is 6.07 Å². The van der Waals surface area contributed by atoms with E-state index in [0.717, 1.165) is 33.6 Å². The topological polar surface area (TPSA) is 67.6 Å². The largest absolute Gasteiger partial charge is 0.288 e. The first-order valence-corrected chi connectivity index (χ1v) is 10.5. The Morgan fingerprint density at radius 3 is 2.33 bits per heavy atom. The molecule has 0 aliphatic rings. The number of nitrogens with zero attached hydrogens (tertiary/aromatic N) is 4. The first-order valence-electron chi connectivity index (χ1n) is 9.08. The number of rotatable bonds is 5. The molecule has 2 aromatic heterocycles. The van der Waals surface area contributed by atoms with Crippen molar-refractivity contribution in [2.75, 3.05) is 4.31 Å². The summed E-state index contributed by atoms with van der Waals surface area (Å²) in [5.41, 5.74) is 2.45. The number of aromatic nitrogens is 3. The summed E-state index contributed by atoms with van der Waals surface area (Å²) in [7, 11) is -4.14. The smallest absolute Gasteiger partial charge is 0.268 e. The number of sulfonamides is 1. The van der Waals surface area contributed by atoms with Crippen molar-refractivity contribution in [1.82, 2.24) is 14.6 Å². The van der Waals surface area contributed by atoms with Crippen molar-refractivity contribution in [3.63, 3.8) is 0 Å². The second-order valence-corrected chi connectivity index (χ2v) is 8.90. The lowest BCUT2D eigenvalue weighted by molar-refractivity contribution is 0.576. The zero-order valence-corrected chi connectivity index (χ0v) is 17.1. The summed E-state index contributed by atoms with van der Waals surface area (Å²) in [4.78, 5) is -0.0569. The summed E-state index contributed by atoms with van der Waals surface area (Å²) in [6.45, 7) is 3.44. The second kappa shape index (κ2) is 7.49. The fraction of sp³-hybridized carbons (Fsp3) is 0.143. The number of aryl methyl sites for hydroxylation is 2. The van der Waals surface area contributed by atoms with Gasteiger partial charge < -0.3 is 0 Å². The number of anilines is 1. The zero-order valence-electron chi connectivity index (χ0n) is 16.3. The van der Waals surface area contributed by atoms with Crippen LogP contribution in [0.1, 0.15) is 16.7 Å². The third-order valence-corrected chi connectivity index (χ3v) is 6.39. The molecule has 6 nitrogen and oxygen atoms in total. The van der Waals surface area contributed by atoms with Gasteiger partial charge in [-0.05, 0) is 66.9 Å². The molecule has 0 amide bonds. The van der Waals surface area contributed by atoms with Crippen molar-refractivity contribution in [3.05, 3.63) is 89.4 Å². The van der Waals surface area contributed by atoms with Crippen molar-refractivity contribution < 1.29 is 17.2 Å². The Morgan fingerprint density at radius 1 is 1.00 bits per heavy atom. The molecule has 0 fully saturated rings.